The molecule has 5 heteroatoms. The molecule has 2 aromatic rings. The highest BCUT2D eigenvalue weighted by Gasteiger charge is 2.17. The number of carbonyl (C=O) groups is 2. The van der Waals surface area contributed by atoms with Crippen LogP contribution in [0.15, 0.2) is 42.5 Å². The summed E-state index contributed by atoms with van der Waals surface area (Å²) in [5.41, 5.74) is 4.16. The number of hydrogen-bond donors (Lipinski definition) is 2. The largest absolute Gasteiger partial charge is 0.484 e. The Hall–Kier alpha value is -2.82. The van der Waals surface area contributed by atoms with E-state index >= 15 is 0 Å². The van der Waals surface area contributed by atoms with Crippen LogP contribution in [0.4, 0.5) is 5.69 Å². The summed E-state index contributed by atoms with van der Waals surface area (Å²) >= 11 is 0. The Morgan fingerprint density at radius 3 is 2.79 bits per heavy atom. The molecule has 1 aliphatic heterocycles. The number of carbonyl (C=O) groups excluding carboxylic acids is 2. The lowest BCUT2D eigenvalue weighted by molar-refractivity contribution is -0.123. The highest BCUT2D eigenvalue weighted by molar-refractivity contribution is 5.99. The summed E-state index contributed by atoms with van der Waals surface area (Å²) in [6.45, 7) is 2.54. The van der Waals surface area contributed by atoms with E-state index in [9.17, 15) is 9.59 Å². The molecule has 24 heavy (non-hydrogen) atoms. The maximum atomic E-state index is 11.8. The summed E-state index contributed by atoms with van der Waals surface area (Å²) in [6.07, 6.45) is 1.15. The second kappa shape index (κ2) is 7.17. The van der Waals surface area contributed by atoms with Crippen molar-refractivity contribution in [3.63, 3.8) is 0 Å². The summed E-state index contributed by atoms with van der Waals surface area (Å²) < 4.78 is 5.44. The number of aryl methyl sites for hydroxylation is 1. The zero-order valence-corrected chi connectivity index (χ0v) is 13.6. The SMILES string of the molecule is Cc1ccc(OCC(=O)NCCc2ccc3c(c2)CC(=O)N3)cc1. The van der Waals surface area contributed by atoms with Crippen molar-refractivity contribution in [3.8, 4) is 5.75 Å². The molecule has 0 aliphatic carbocycles. The summed E-state index contributed by atoms with van der Waals surface area (Å²) in [5, 5.41) is 5.65. The molecule has 1 heterocycles. The molecule has 124 valence electrons. The number of fused-ring (bicyclic) bond motifs is 1. The molecule has 0 saturated heterocycles. The highest BCUT2D eigenvalue weighted by Crippen LogP contribution is 2.23. The van der Waals surface area contributed by atoms with Crippen LogP contribution in [0.25, 0.3) is 0 Å². The highest BCUT2D eigenvalue weighted by atomic mass is 16.5. The molecule has 0 spiro atoms. The number of anilines is 1. The zero-order valence-electron chi connectivity index (χ0n) is 13.6. The van der Waals surface area contributed by atoms with Crippen LogP contribution in [-0.2, 0) is 22.4 Å². The van der Waals surface area contributed by atoms with Crippen LogP contribution in [0.5, 0.6) is 5.75 Å². The zero-order chi connectivity index (χ0) is 16.9. The van der Waals surface area contributed by atoms with E-state index in [2.05, 4.69) is 10.6 Å². The molecule has 5 nitrogen and oxygen atoms in total. The quantitative estimate of drug-likeness (QED) is 0.856. The Morgan fingerprint density at radius 1 is 1.21 bits per heavy atom. The Bertz CT molecular complexity index is 754. The number of amides is 2. The normalized spacial score (nSPS) is 12.5. The molecule has 0 unspecified atom stereocenters. The van der Waals surface area contributed by atoms with Crippen LogP contribution in [0.3, 0.4) is 0 Å². The Labute approximate surface area is 141 Å². The van der Waals surface area contributed by atoms with Crippen LogP contribution >= 0.6 is 0 Å². The van der Waals surface area contributed by atoms with Crippen LogP contribution in [0.1, 0.15) is 16.7 Å². The van der Waals surface area contributed by atoms with Crippen LogP contribution in [0.2, 0.25) is 0 Å². The minimum atomic E-state index is -0.145. The van der Waals surface area contributed by atoms with Crippen LogP contribution in [-0.4, -0.2) is 25.0 Å². The fourth-order valence-corrected chi connectivity index (χ4v) is 2.62. The smallest absolute Gasteiger partial charge is 0.257 e. The Morgan fingerprint density at radius 2 is 2.00 bits per heavy atom. The van der Waals surface area contributed by atoms with Crippen molar-refractivity contribution < 1.29 is 14.3 Å². The van der Waals surface area contributed by atoms with Gasteiger partial charge in [0.2, 0.25) is 5.91 Å². The van der Waals surface area contributed by atoms with Crippen molar-refractivity contribution in [2.75, 3.05) is 18.5 Å². The van der Waals surface area contributed by atoms with E-state index in [-0.39, 0.29) is 18.4 Å². The lowest BCUT2D eigenvalue weighted by atomic mass is 10.1. The van der Waals surface area contributed by atoms with Crippen molar-refractivity contribution in [2.24, 2.45) is 0 Å². The second-order valence-electron chi connectivity index (χ2n) is 5.92. The third-order valence-electron chi connectivity index (χ3n) is 3.92. The predicted octanol–water partition coefficient (Wildman–Crippen LogP) is 2.23. The molecule has 3 rings (SSSR count). The summed E-state index contributed by atoms with van der Waals surface area (Å²) in [7, 11) is 0. The van der Waals surface area contributed by atoms with Crippen molar-refractivity contribution in [1.29, 1.82) is 0 Å². The molecule has 0 radical (unpaired) electrons. The van der Waals surface area contributed by atoms with Gasteiger partial charge in [-0.1, -0.05) is 29.8 Å². The Kier molecular flexibility index (Phi) is 4.79. The lowest BCUT2D eigenvalue weighted by Crippen LogP contribution is -2.30. The molecule has 2 aromatic carbocycles. The average molecular weight is 324 g/mol. The van der Waals surface area contributed by atoms with E-state index in [1.165, 1.54) is 0 Å². The van der Waals surface area contributed by atoms with Crippen molar-refractivity contribution in [1.82, 2.24) is 5.32 Å². The molecule has 1 aliphatic rings. The molecule has 0 saturated carbocycles. The van der Waals surface area contributed by atoms with Gasteiger partial charge in [0, 0.05) is 12.2 Å². The first kappa shape index (κ1) is 16.1. The molecule has 0 bridgehead atoms. The number of benzene rings is 2. The van der Waals surface area contributed by atoms with Crippen molar-refractivity contribution in [3.05, 3.63) is 59.2 Å². The number of hydrogen-bond acceptors (Lipinski definition) is 3. The van der Waals surface area contributed by atoms with Gasteiger partial charge in [-0.2, -0.15) is 0 Å². The first-order valence-corrected chi connectivity index (χ1v) is 7.98. The first-order valence-electron chi connectivity index (χ1n) is 7.98. The fourth-order valence-electron chi connectivity index (χ4n) is 2.62. The molecule has 2 amide bonds. The summed E-state index contributed by atoms with van der Waals surface area (Å²) in [5.74, 6) is 0.573. The molecular weight excluding hydrogens is 304 g/mol. The summed E-state index contributed by atoms with van der Waals surface area (Å²) in [6, 6.07) is 13.5. The van der Waals surface area contributed by atoms with Gasteiger partial charge in [-0.15, -0.1) is 0 Å². The summed E-state index contributed by atoms with van der Waals surface area (Å²) in [4.78, 5) is 23.2. The van der Waals surface area contributed by atoms with E-state index in [1.807, 2.05) is 49.4 Å². The standard InChI is InChI=1S/C19H20N2O3/c1-13-2-5-16(6-3-13)24-12-19(23)20-9-8-14-4-7-17-15(10-14)11-18(22)21-17/h2-7,10H,8-9,11-12H2,1H3,(H,20,23)(H,21,22). The molecule has 0 aromatic heterocycles. The van der Waals surface area contributed by atoms with Gasteiger partial charge >= 0.3 is 0 Å². The topological polar surface area (TPSA) is 67.4 Å². The monoisotopic (exact) mass is 324 g/mol. The number of rotatable bonds is 6. The van der Waals surface area contributed by atoms with Crippen molar-refractivity contribution in [2.45, 2.75) is 19.8 Å². The van der Waals surface area contributed by atoms with E-state index in [1.54, 1.807) is 0 Å². The number of nitrogens with one attached hydrogen (secondary N) is 2. The van der Waals surface area contributed by atoms with Gasteiger partial charge in [-0.25, -0.2) is 0 Å². The maximum Gasteiger partial charge on any atom is 0.257 e. The molecule has 0 atom stereocenters. The van der Waals surface area contributed by atoms with Gasteiger partial charge in [-0.3, -0.25) is 9.59 Å². The van der Waals surface area contributed by atoms with Gasteiger partial charge in [0.05, 0.1) is 6.42 Å². The third kappa shape index (κ3) is 4.13. The number of ether oxygens (including phenoxy) is 1. The van der Waals surface area contributed by atoms with E-state index < -0.39 is 0 Å². The van der Waals surface area contributed by atoms with E-state index in [0.717, 1.165) is 28.8 Å². The predicted molar refractivity (Wildman–Crippen MR) is 92.2 cm³/mol. The van der Waals surface area contributed by atoms with Gasteiger partial charge in [-0.05, 0) is 42.7 Å². The average Bonchev–Trinajstić information content (AvgIpc) is 2.93. The minimum absolute atomic E-state index is 0.00563. The fraction of sp³-hybridized carbons (Fsp3) is 0.263. The van der Waals surface area contributed by atoms with Gasteiger partial charge < -0.3 is 15.4 Å². The Balaban J connectivity index is 1.41. The van der Waals surface area contributed by atoms with Crippen LogP contribution < -0.4 is 15.4 Å². The first-order chi connectivity index (χ1) is 11.6. The molecular formula is C19H20N2O3. The second-order valence-corrected chi connectivity index (χ2v) is 5.92. The minimum Gasteiger partial charge on any atom is -0.484 e. The third-order valence-corrected chi connectivity index (χ3v) is 3.92. The lowest BCUT2D eigenvalue weighted by Gasteiger charge is -2.08. The van der Waals surface area contributed by atoms with Gasteiger partial charge in [0.1, 0.15) is 5.75 Å². The van der Waals surface area contributed by atoms with Crippen molar-refractivity contribution >= 4 is 17.5 Å². The molecule has 2 N–H and O–H groups in total. The molecule has 0 fully saturated rings. The van der Waals surface area contributed by atoms with Gasteiger partial charge in [0.25, 0.3) is 5.91 Å². The maximum absolute atomic E-state index is 11.8. The van der Waals surface area contributed by atoms with Crippen LogP contribution in [0, 0.1) is 6.92 Å². The van der Waals surface area contributed by atoms with E-state index in [0.29, 0.717) is 18.7 Å². The van der Waals surface area contributed by atoms with E-state index in [4.69, 9.17) is 4.74 Å². The van der Waals surface area contributed by atoms with Gasteiger partial charge in [0.15, 0.2) is 6.61 Å².